The quantitative estimate of drug-likeness (QED) is 0.00984. The van der Waals surface area contributed by atoms with E-state index in [9.17, 15) is 29.7 Å². The van der Waals surface area contributed by atoms with Crippen LogP contribution in [0.15, 0.2) is 36.5 Å². The van der Waals surface area contributed by atoms with E-state index < -0.39 is 45.9 Å². The standard InChI is InChI=1S/3C20H38O2S3.C4H9.Sn/c3*1-2-3-4-5-6-7-8-9-10-11-12-13-14-15-16-18(19(21)22)17-20(23,24)25;1-3-4-2;/h3*9-10,18,23-25H,2-8,11-17H2,1H3,(H,21,22);1,3-4H2,2H3;/q;;;;+3/p-3/b3*10-9-;;. The van der Waals surface area contributed by atoms with Crippen LogP contribution in [0.25, 0.3) is 0 Å². The van der Waals surface area contributed by atoms with Gasteiger partial charge in [-0.2, -0.15) is 114 Å². The first kappa shape index (κ1) is 88.0. The molecule has 0 N–H and O–H groups in total. The van der Waals surface area contributed by atoms with Crippen LogP contribution in [0.4, 0.5) is 0 Å². The van der Waals surface area contributed by atoms with Gasteiger partial charge in [0.05, 0.1) is 10.2 Å². The number of hydrogen-bond donors (Lipinski definition) is 9. The molecule has 0 rings (SSSR count). The van der Waals surface area contributed by atoms with Gasteiger partial charge < -0.3 is 29.7 Å². The molecule has 0 saturated carbocycles. The molecule has 0 bridgehead atoms. The molecule has 3 atom stereocenters. The Morgan fingerprint density at radius 3 is 0.637 bits per heavy atom. The Balaban J connectivity index is -0.000000518. The zero-order valence-corrected chi connectivity index (χ0v) is 61.9. The summed E-state index contributed by atoms with van der Waals surface area (Å²) in [5.74, 6) is -4.57. The van der Waals surface area contributed by atoms with E-state index in [1.54, 1.807) is 22.5 Å². The number of carboxylic acids is 3. The van der Waals surface area contributed by atoms with Crippen LogP contribution in [0.2, 0.25) is 4.44 Å². The predicted molar refractivity (Wildman–Crippen MR) is 378 cm³/mol. The summed E-state index contributed by atoms with van der Waals surface area (Å²) in [5, 5.41) is 33.4. The van der Waals surface area contributed by atoms with Gasteiger partial charge in [0.1, 0.15) is 0 Å². The van der Waals surface area contributed by atoms with Crippen LogP contribution < -0.4 is 15.3 Å². The first-order valence-corrected chi connectivity index (χ1v) is 37.8. The van der Waals surface area contributed by atoms with Crippen LogP contribution in [-0.4, -0.2) is 50.7 Å². The van der Waals surface area contributed by atoms with Crippen molar-refractivity contribution in [1.82, 2.24) is 0 Å². The number of aliphatic carboxylic acids is 3. The van der Waals surface area contributed by atoms with Crippen molar-refractivity contribution < 1.29 is 29.7 Å². The summed E-state index contributed by atoms with van der Waals surface area (Å²) in [6, 6.07) is 0. The first-order chi connectivity index (χ1) is 38.0. The minimum absolute atomic E-state index is 0.311. The van der Waals surface area contributed by atoms with Crippen molar-refractivity contribution in [2.75, 3.05) is 0 Å². The molecule has 0 aliphatic carbocycles. The van der Waals surface area contributed by atoms with E-state index in [2.05, 4.69) is 178 Å². The fourth-order valence-corrected chi connectivity index (χ4v) is 11.9. The number of carbonyl (C=O) groups excluding carboxylic acids is 3. The van der Waals surface area contributed by atoms with Crippen LogP contribution in [0, 0.1) is 17.8 Å². The van der Waals surface area contributed by atoms with Gasteiger partial charge in [-0.1, -0.05) is 211 Å². The van der Waals surface area contributed by atoms with Crippen molar-refractivity contribution in [2.24, 2.45) is 17.8 Å². The molecule has 0 aromatic rings. The second-order valence-electron chi connectivity index (χ2n) is 22.1. The van der Waals surface area contributed by atoms with Crippen LogP contribution in [0.1, 0.15) is 310 Å². The molecule has 80 heavy (non-hydrogen) atoms. The Labute approximate surface area is 557 Å². The summed E-state index contributed by atoms with van der Waals surface area (Å²) < 4.78 is -1.13. The molecule has 0 spiro atoms. The van der Waals surface area contributed by atoms with E-state index in [4.69, 9.17) is 0 Å². The molecule has 0 radical (unpaired) electrons. The maximum absolute atomic E-state index is 11.1. The average molecular weight is 1390 g/mol. The molecule has 0 amide bonds. The molecule has 16 heteroatoms. The first-order valence-electron chi connectivity index (χ1n) is 31.7. The van der Waals surface area contributed by atoms with Gasteiger partial charge in [-0.3, -0.25) is 0 Å². The van der Waals surface area contributed by atoms with Crippen LogP contribution >= 0.6 is 114 Å². The number of unbranched alkanes of at least 4 members (excludes halogenated alkanes) is 31. The minimum atomic E-state index is -1.01. The van der Waals surface area contributed by atoms with Crippen LogP contribution in [0.3, 0.4) is 0 Å². The predicted octanol–water partition coefficient (Wildman–Crippen LogP) is 18.9. The summed E-state index contributed by atoms with van der Waals surface area (Å²) in [5.41, 5.74) is 0. The Morgan fingerprint density at radius 2 is 0.487 bits per heavy atom. The van der Waals surface area contributed by atoms with Gasteiger partial charge in [0.25, 0.3) is 0 Å². The number of thiol groups is 9. The Morgan fingerprint density at radius 1 is 0.312 bits per heavy atom. The van der Waals surface area contributed by atoms with E-state index in [1.165, 1.54) is 171 Å². The zero-order chi connectivity index (χ0) is 61.0. The van der Waals surface area contributed by atoms with Crippen molar-refractivity contribution in [2.45, 2.75) is 325 Å². The average Bonchev–Trinajstić information content (AvgIpc) is 3.37. The normalized spacial score (nSPS) is 13.1. The van der Waals surface area contributed by atoms with Crippen molar-refractivity contribution in [1.29, 1.82) is 0 Å². The Kier molecular flexibility index (Phi) is 71.5. The Bertz CT molecular complexity index is 1270. The second kappa shape index (κ2) is 65.0. The molecular formula is C64H120O6S9Sn. The molecule has 0 saturated heterocycles. The molecule has 0 heterocycles. The van der Waals surface area contributed by atoms with Crippen molar-refractivity contribution >= 4 is 154 Å². The third-order valence-corrected chi connectivity index (χ3v) is 16.4. The van der Waals surface area contributed by atoms with E-state index in [-0.39, 0.29) is 0 Å². The molecule has 470 valence electrons. The second-order valence-corrected chi connectivity index (χ2v) is 33.6. The fourth-order valence-electron chi connectivity index (χ4n) is 8.93. The molecular weight excluding hydrogens is 1270 g/mol. The molecule has 0 aliphatic heterocycles. The third kappa shape index (κ3) is 79.6. The molecule has 0 aromatic heterocycles. The van der Waals surface area contributed by atoms with Gasteiger partial charge in [0.2, 0.25) is 0 Å². The molecule has 0 aromatic carbocycles. The topological polar surface area (TPSA) is 120 Å². The van der Waals surface area contributed by atoms with Gasteiger partial charge in [0.15, 0.2) is 0 Å². The van der Waals surface area contributed by atoms with Crippen molar-refractivity contribution in [3.63, 3.8) is 0 Å². The van der Waals surface area contributed by atoms with E-state index >= 15 is 0 Å². The third-order valence-electron chi connectivity index (χ3n) is 13.8. The van der Waals surface area contributed by atoms with Gasteiger partial charge in [-0.25, -0.2) is 0 Å². The monoisotopic (exact) mass is 1390 g/mol. The number of carboxylic acid groups (broad SMARTS) is 3. The molecule has 0 fully saturated rings. The summed E-state index contributed by atoms with van der Waals surface area (Å²) in [6.45, 7) is 8.98. The molecule has 0 aliphatic rings. The summed E-state index contributed by atoms with van der Waals surface area (Å²) in [6.07, 6.45) is 63.7. The molecule has 6 nitrogen and oxygen atoms in total. The SMILES string of the molecule is CCCCCCCC/C=C\CCCCCCC(CC(S)(S)S)C(=O)[O-].CCCCCCCC/C=C\CCCCCCC(CC(S)(S)S)C(=O)[O-].CCCCCCCC/C=C\CCCCCCC(CC(S)(S)S)C(=O)[O-].CCC[CH2][Sn+3]. The van der Waals surface area contributed by atoms with Crippen LogP contribution in [0.5, 0.6) is 0 Å². The summed E-state index contributed by atoms with van der Waals surface area (Å²) in [4.78, 5) is 33.4. The number of hydrogen-bond acceptors (Lipinski definition) is 15. The van der Waals surface area contributed by atoms with Gasteiger partial charge >= 0.3 is 46.7 Å². The van der Waals surface area contributed by atoms with Gasteiger partial charge in [-0.05, 0) is 116 Å². The Hall–Kier alpha value is 1.58. The van der Waals surface area contributed by atoms with E-state index in [1.807, 2.05) is 0 Å². The number of rotatable bonds is 53. The maximum atomic E-state index is 11.1. The summed E-state index contributed by atoms with van der Waals surface area (Å²) >= 11 is 39.2. The molecule has 3 unspecified atom stereocenters. The van der Waals surface area contributed by atoms with E-state index in [0.29, 0.717) is 38.5 Å². The number of carbonyl (C=O) groups is 3. The van der Waals surface area contributed by atoms with Crippen molar-refractivity contribution in [3.05, 3.63) is 36.5 Å². The zero-order valence-electron chi connectivity index (χ0n) is 51.0. The van der Waals surface area contributed by atoms with Gasteiger partial charge in [-0.15, -0.1) is 0 Å². The summed E-state index contributed by atoms with van der Waals surface area (Å²) in [7, 11) is 0. The van der Waals surface area contributed by atoms with Crippen molar-refractivity contribution in [3.8, 4) is 0 Å². The fraction of sp³-hybridized carbons (Fsp3) is 0.859. The number of allylic oxidation sites excluding steroid dienone is 6. The van der Waals surface area contributed by atoms with E-state index in [0.717, 1.165) is 77.0 Å². The van der Waals surface area contributed by atoms with Crippen LogP contribution in [-0.2, 0) is 14.4 Å². The van der Waals surface area contributed by atoms with Gasteiger partial charge in [0, 0.05) is 35.7 Å².